The summed E-state index contributed by atoms with van der Waals surface area (Å²) in [7, 11) is 4.33. The Kier molecular flexibility index (Phi) is 4.98. The fourth-order valence-electron chi connectivity index (χ4n) is 2.48. The first-order valence-electron chi connectivity index (χ1n) is 6.85. The molecule has 1 saturated heterocycles. The lowest BCUT2D eigenvalue weighted by Gasteiger charge is -2.20. The minimum absolute atomic E-state index is 0.418. The molecule has 0 amide bonds. The lowest BCUT2D eigenvalue weighted by Crippen LogP contribution is -2.31. The van der Waals surface area contributed by atoms with Gasteiger partial charge in [0.15, 0.2) is 0 Å². The predicted octanol–water partition coefficient (Wildman–Crippen LogP) is 1.13. The largest absolute Gasteiger partial charge is 0.320 e. The number of hydrogen-bond acceptors (Lipinski definition) is 3. The van der Waals surface area contributed by atoms with Gasteiger partial charge in [-0.2, -0.15) is 0 Å². The Morgan fingerprint density at radius 1 is 1.32 bits per heavy atom. The highest BCUT2D eigenvalue weighted by Gasteiger charge is 2.23. The van der Waals surface area contributed by atoms with Crippen LogP contribution in [0.2, 0.25) is 0 Å². The number of hydrogen-bond donors (Lipinski definition) is 1. The summed E-state index contributed by atoms with van der Waals surface area (Å²) in [5.41, 5.74) is 7.77. The summed E-state index contributed by atoms with van der Waals surface area (Å²) < 4.78 is 0. The van der Waals surface area contributed by atoms with Crippen molar-refractivity contribution in [2.75, 3.05) is 33.7 Å². The standard InChI is InChI=1S/C16H23N3/c1-18(2)16-9-11-19(13-16)12-15-7-5-14(6-8-15)4-3-10-17/h5-8,16H,9-13,17H2,1-2H3. The van der Waals surface area contributed by atoms with Crippen LogP contribution < -0.4 is 5.73 Å². The highest BCUT2D eigenvalue weighted by molar-refractivity contribution is 5.36. The molecule has 3 nitrogen and oxygen atoms in total. The highest BCUT2D eigenvalue weighted by atomic mass is 15.2. The molecule has 2 rings (SSSR count). The molecule has 1 aliphatic heterocycles. The predicted molar refractivity (Wildman–Crippen MR) is 79.7 cm³/mol. The van der Waals surface area contributed by atoms with Crippen LogP contribution in [0.25, 0.3) is 0 Å². The quantitative estimate of drug-likeness (QED) is 0.824. The molecule has 1 aromatic carbocycles. The van der Waals surface area contributed by atoms with E-state index in [0.29, 0.717) is 12.6 Å². The molecule has 1 unspecified atom stereocenters. The summed E-state index contributed by atoms with van der Waals surface area (Å²) in [5.74, 6) is 5.93. The van der Waals surface area contributed by atoms with Crippen LogP contribution in [0.4, 0.5) is 0 Å². The van der Waals surface area contributed by atoms with Crippen molar-refractivity contribution in [1.82, 2.24) is 9.80 Å². The average Bonchev–Trinajstić information content (AvgIpc) is 2.87. The summed E-state index contributed by atoms with van der Waals surface area (Å²) in [4.78, 5) is 4.84. The first-order valence-corrected chi connectivity index (χ1v) is 6.85. The first kappa shape index (κ1) is 14.1. The van der Waals surface area contributed by atoms with Crippen LogP contribution in [0.15, 0.2) is 24.3 Å². The van der Waals surface area contributed by atoms with Crippen molar-refractivity contribution in [2.24, 2.45) is 5.73 Å². The van der Waals surface area contributed by atoms with Gasteiger partial charge in [-0.15, -0.1) is 0 Å². The van der Waals surface area contributed by atoms with Gasteiger partial charge in [-0.05, 0) is 38.2 Å². The topological polar surface area (TPSA) is 32.5 Å². The molecule has 0 saturated carbocycles. The highest BCUT2D eigenvalue weighted by Crippen LogP contribution is 2.16. The van der Waals surface area contributed by atoms with Gasteiger partial charge < -0.3 is 10.6 Å². The van der Waals surface area contributed by atoms with Crippen LogP contribution in [0.1, 0.15) is 17.5 Å². The molecule has 0 bridgehead atoms. The fourth-order valence-corrected chi connectivity index (χ4v) is 2.48. The van der Waals surface area contributed by atoms with E-state index in [1.807, 2.05) is 0 Å². The van der Waals surface area contributed by atoms with Gasteiger partial charge in [-0.1, -0.05) is 24.0 Å². The van der Waals surface area contributed by atoms with E-state index in [4.69, 9.17) is 5.73 Å². The number of benzene rings is 1. The minimum Gasteiger partial charge on any atom is -0.320 e. The number of nitrogens with two attached hydrogens (primary N) is 1. The maximum absolute atomic E-state index is 5.37. The third kappa shape index (κ3) is 4.07. The van der Waals surface area contributed by atoms with Gasteiger partial charge in [0.25, 0.3) is 0 Å². The molecule has 0 aliphatic carbocycles. The normalized spacial score (nSPS) is 19.5. The number of likely N-dealkylation sites (tertiary alicyclic amines) is 1. The van der Waals surface area contributed by atoms with E-state index >= 15 is 0 Å². The van der Waals surface area contributed by atoms with Gasteiger partial charge in [0.05, 0.1) is 6.54 Å². The Balaban J connectivity index is 1.90. The van der Waals surface area contributed by atoms with Crippen molar-refractivity contribution >= 4 is 0 Å². The summed E-state index contributed by atoms with van der Waals surface area (Å²) >= 11 is 0. The van der Waals surface area contributed by atoms with Gasteiger partial charge in [0.2, 0.25) is 0 Å². The minimum atomic E-state index is 0.418. The average molecular weight is 257 g/mol. The Hall–Kier alpha value is -1.34. The molecule has 19 heavy (non-hydrogen) atoms. The second kappa shape index (κ2) is 6.72. The monoisotopic (exact) mass is 257 g/mol. The lowest BCUT2D eigenvalue weighted by molar-refractivity contribution is 0.264. The van der Waals surface area contributed by atoms with Gasteiger partial charge in [-0.25, -0.2) is 0 Å². The molecule has 1 aliphatic rings. The summed E-state index contributed by atoms with van der Waals surface area (Å²) in [6, 6.07) is 9.21. The van der Waals surface area contributed by atoms with Gasteiger partial charge in [-0.3, -0.25) is 4.90 Å². The van der Waals surface area contributed by atoms with Crippen LogP contribution in [-0.2, 0) is 6.54 Å². The van der Waals surface area contributed by atoms with Gasteiger partial charge >= 0.3 is 0 Å². The Bertz CT molecular complexity index is 453. The van der Waals surface area contributed by atoms with Crippen LogP contribution in [0, 0.1) is 11.8 Å². The zero-order chi connectivity index (χ0) is 13.7. The Labute approximate surface area is 116 Å². The van der Waals surface area contributed by atoms with E-state index in [9.17, 15) is 0 Å². The van der Waals surface area contributed by atoms with Crippen molar-refractivity contribution in [3.63, 3.8) is 0 Å². The zero-order valence-corrected chi connectivity index (χ0v) is 11.9. The maximum Gasteiger partial charge on any atom is 0.0555 e. The Morgan fingerprint density at radius 3 is 2.63 bits per heavy atom. The number of nitrogens with zero attached hydrogens (tertiary/aromatic N) is 2. The van der Waals surface area contributed by atoms with Gasteiger partial charge in [0, 0.05) is 31.2 Å². The van der Waals surface area contributed by atoms with E-state index < -0.39 is 0 Å². The van der Waals surface area contributed by atoms with Crippen molar-refractivity contribution < 1.29 is 0 Å². The third-order valence-corrected chi connectivity index (χ3v) is 3.67. The SMILES string of the molecule is CN(C)C1CCN(Cc2ccc(C#CCN)cc2)C1. The first-order chi connectivity index (χ1) is 9.19. The van der Waals surface area contributed by atoms with Crippen LogP contribution in [0.5, 0.6) is 0 Å². The van der Waals surface area contributed by atoms with Gasteiger partial charge in [0.1, 0.15) is 0 Å². The Morgan fingerprint density at radius 2 is 2.05 bits per heavy atom. The molecular formula is C16H23N3. The van der Waals surface area contributed by atoms with E-state index in [0.717, 1.165) is 12.1 Å². The summed E-state index contributed by atoms with van der Waals surface area (Å²) in [6.07, 6.45) is 1.27. The van der Waals surface area contributed by atoms with Crippen molar-refractivity contribution in [2.45, 2.75) is 19.0 Å². The summed E-state index contributed by atoms with van der Waals surface area (Å²) in [5, 5.41) is 0. The zero-order valence-electron chi connectivity index (χ0n) is 11.9. The van der Waals surface area contributed by atoms with E-state index in [-0.39, 0.29) is 0 Å². The van der Waals surface area contributed by atoms with Crippen molar-refractivity contribution in [3.8, 4) is 11.8 Å². The molecular weight excluding hydrogens is 234 g/mol. The maximum atomic E-state index is 5.37. The molecule has 102 valence electrons. The molecule has 1 heterocycles. The number of rotatable bonds is 3. The third-order valence-electron chi connectivity index (χ3n) is 3.67. The lowest BCUT2D eigenvalue weighted by atomic mass is 10.1. The summed E-state index contributed by atoms with van der Waals surface area (Å²) in [6.45, 7) is 3.82. The van der Waals surface area contributed by atoms with E-state index in [1.165, 1.54) is 25.1 Å². The molecule has 2 N–H and O–H groups in total. The molecule has 3 heteroatoms. The fraction of sp³-hybridized carbons (Fsp3) is 0.500. The van der Waals surface area contributed by atoms with Crippen LogP contribution in [0.3, 0.4) is 0 Å². The molecule has 0 radical (unpaired) electrons. The molecule has 1 atom stereocenters. The molecule has 1 aromatic rings. The van der Waals surface area contributed by atoms with E-state index in [2.05, 4.69) is 60.0 Å². The van der Waals surface area contributed by atoms with Crippen molar-refractivity contribution in [1.29, 1.82) is 0 Å². The molecule has 1 fully saturated rings. The number of likely N-dealkylation sites (N-methyl/N-ethyl adjacent to an activating group) is 1. The van der Waals surface area contributed by atoms with Crippen molar-refractivity contribution in [3.05, 3.63) is 35.4 Å². The molecule has 0 aromatic heterocycles. The molecule has 0 spiro atoms. The van der Waals surface area contributed by atoms with Crippen LogP contribution >= 0.6 is 0 Å². The van der Waals surface area contributed by atoms with E-state index in [1.54, 1.807) is 0 Å². The second-order valence-electron chi connectivity index (χ2n) is 5.34. The smallest absolute Gasteiger partial charge is 0.0555 e. The van der Waals surface area contributed by atoms with Crippen LogP contribution in [-0.4, -0.2) is 49.6 Å². The second-order valence-corrected chi connectivity index (χ2v) is 5.34.